The number of amides is 2. The van der Waals surface area contributed by atoms with Crippen molar-refractivity contribution in [2.24, 2.45) is 5.92 Å². The van der Waals surface area contributed by atoms with Crippen molar-refractivity contribution in [2.45, 2.75) is 62.4 Å². The van der Waals surface area contributed by atoms with E-state index >= 15 is 0 Å². The molecule has 2 amide bonds. The molecule has 178 valence electrons. The van der Waals surface area contributed by atoms with Crippen LogP contribution < -0.4 is 10.6 Å². The minimum Gasteiger partial charge on any atom is -0.480 e. The number of carbonyl (C=O) groups excluding carboxylic acids is 2. The van der Waals surface area contributed by atoms with Crippen molar-refractivity contribution in [2.75, 3.05) is 6.61 Å². The molecule has 5 rings (SSSR count). The van der Waals surface area contributed by atoms with Gasteiger partial charge in [0.05, 0.1) is 0 Å². The molecule has 3 aliphatic carbocycles. The number of nitrogens with one attached hydrogen (secondary N) is 2. The first-order valence-corrected chi connectivity index (χ1v) is 12.2. The lowest BCUT2D eigenvalue weighted by atomic mass is 9.79. The van der Waals surface area contributed by atoms with Gasteiger partial charge >= 0.3 is 12.1 Å². The molecule has 0 aliphatic heterocycles. The van der Waals surface area contributed by atoms with Gasteiger partial charge in [-0.05, 0) is 53.9 Å². The SMILES string of the molecule is O=C(NC(C(=O)NC1(C(=O)O)CCCC1)C1CCC1)OCC1c2ccccc2-c2ccccc21. The Bertz CT molecular complexity index is 1060. The van der Waals surface area contributed by atoms with Crippen LogP contribution in [0.15, 0.2) is 48.5 Å². The van der Waals surface area contributed by atoms with Crippen molar-refractivity contribution in [1.29, 1.82) is 0 Å². The Morgan fingerprint density at radius 1 is 0.941 bits per heavy atom. The van der Waals surface area contributed by atoms with E-state index in [-0.39, 0.29) is 18.4 Å². The third-order valence-electron chi connectivity index (χ3n) is 7.75. The average molecular weight is 463 g/mol. The number of alkyl carbamates (subject to hydrolysis) is 1. The van der Waals surface area contributed by atoms with E-state index in [1.165, 1.54) is 0 Å². The quantitative estimate of drug-likeness (QED) is 0.572. The van der Waals surface area contributed by atoms with Crippen LogP contribution in [0, 0.1) is 5.92 Å². The van der Waals surface area contributed by atoms with Crippen LogP contribution in [-0.2, 0) is 14.3 Å². The number of fused-ring (bicyclic) bond motifs is 3. The molecule has 0 aromatic heterocycles. The van der Waals surface area contributed by atoms with Crippen molar-refractivity contribution in [3.8, 4) is 11.1 Å². The van der Waals surface area contributed by atoms with E-state index in [1.807, 2.05) is 24.3 Å². The summed E-state index contributed by atoms with van der Waals surface area (Å²) >= 11 is 0. The van der Waals surface area contributed by atoms with E-state index in [1.54, 1.807) is 0 Å². The van der Waals surface area contributed by atoms with Crippen LogP contribution in [0.3, 0.4) is 0 Å². The third kappa shape index (κ3) is 4.04. The van der Waals surface area contributed by atoms with Crippen LogP contribution in [0.2, 0.25) is 0 Å². The van der Waals surface area contributed by atoms with Gasteiger partial charge in [0.2, 0.25) is 5.91 Å². The maximum atomic E-state index is 13.1. The normalized spacial score (nSPS) is 19.4. The zero-order valence-corrected chi connectivity index (χ0v) is 19.1. The van der Waals surface area contributed by atoms with E-state index in [0.29, 0.717) is 12.8 Å². The maximum Gasteiger partial charge on any atom is 0.407 e. The lowest BCUT2D eigenvalue weighted by molar-refractivity contribution is -0.148. The highest BCUT2D eigenvalue weighted by atomic mass is 16.5. The number of ether oxygens (including phenoxy) is 1. The molecule has 1 unspecified atom stereocenters. The molecule has 2 fully saturated rings. The first-order valence-electron chi connectivity index (χ1n) is 12.2. The molecule has 0 bridgehead atoms. The number of carboxylic acid groups (broad SMARTS) is 1. The average Bonchev–Trinajstić information content (AvgIpc) is 3.40. The smallest absolute Gasteiger partial charge is 0.407 e. The first kappa shape index (κ1) is 22.4. The fourth-order valence-corrected chi connectivity index (χ4v) is 5.62. The second-order valence-corrected chi connectivity index (χ2v) is 9.72. The molecule has 3 N–H and O–H groups in total. The van der Waals surface area contributed by atoms with Gasteiger partial charge in [-0.25, -0.2) is 9.59 Å². The van der Waals surface area contributed by atoms with Crippen molar-refractivity contribution in [3.63, 3.8) is 0 Å². The van der Waals surface area contributed by atoms with Gasteiger partial charge < -0.3 is 20.5 Å². The second kappa shape index (κ2) is 9.12. The summed E-state index contributed by atoms with van der Waals surface area (Å²) in [5.41, 5.74) is 3.30. The number of benzene rings is 2. The van der Waals surface area contributed by atoms with Gasteiger partial charge in [0, 0.05) is 5.92 Å². The highest BCUT2D eigenvalue weighted by Gasteiger charge is 2.45. The molecular weight excluding hydrogens is 432 g/mol. The summed E-state index contributed by atoms with van der Waals surface area (Å²) in [7, 11) is 0. The molecule has 0 radical (unpaired) electrons. The predicted octanol–water partition coefficient (Wildman–Crippen LogP) is 4.21. The van der Waals surface area contributed by atoms with Crippen LogP contribution in [0.25, 0.3) is 11.1 Å². The van der Waals surface area contributed by atoms with Gasteiger partial charge in [0.1, 0.15) is 18.2 Å². The Balaban J connectivity index is 1.26. The molecule has 0 heterocycles. The molecular formula is C27H30N2O5. The summed E-state index contributed by atoms with van der Waals surface area (Å²) < 4.78 is 5.64. The number of carbonyl (C=O) groups is 3. The zero-order chi connectivity index (χ0) is 23.7. The molecule has 7 heteroatoms. The Morgan fingerprint density at radius 2 is 1.53 bits per heavy atom. The number of hydrogen-bond donors (Lipinski definition) is 3. The molecule has 7 nitrogen and oxygen atoms in total. The number of hydrogen-bond acceptors (Lipinski definition) is 4. The van der Waals surface area contributed by atoms with Gasteiger partial charge in [-0.15, -0.1) is 0 Å². The van der Waals surface area contributed by atoms with E-state index < -0.39 is 29.6 Å². The summed E-state index contributed by atoms with van der Waals surface area (Å²) in [5, 5.41) is 15.2. The second-order valence-electron chi connectivity index (χ2n) is 9.72. The fourth-order valence-electron chi connectivity index (χ4n) is 5.62. The van der Waals surface area contributed by atoms with Gasteiger partial charge in [-0.2, -0.15) is 0 Å². The Labute approximate surface area is 198 Å². The molecule has 2 saturated carbocycles. The van der Waals surface area contributed by atoms with Crippen LogP contribution >= 0.6 is 0 Å². The van der Waals surface area contributed by atoms with Crippen LogP contribution in [0.5, 0.6) is 0 Å². The minimum absolute atomic E-state index is 0.00673. The van der Waals surface area contributed by atoms with E-state index in [9.17, 15) is 19.5 Å². The van der Waals surface area contributed by atoms with Gasteiger partial charge in [-0.3, -0.25) is 4.79 Å². The van der Waals surface area contributed by atoms with Gasteiger partial charge in [0.25, 0.3) is 0 Å². The standard InChI is InChI=1S/C27H30N2O5/c30-24(29-27(25(31)32)14-5-6-15-27)23(17-8-7-9-17)28-26(33)34-16-22-20-12-3-1-10-18(20)19-11-2-4-13-21(19)22/h1-4,10-13,17,22-23H,5-9,14-16H2,(H,28,33)(H,29,30)(H,31,32). The number of rotatable bonds is 7. The van der Waals surface area contributed by atoms with Crippen molar-refractivity contribution in [3.05, 3.63) is 59.7 Å². The topological polar surface area (TPSA) is 105 Å². The van der Waals surface area contributed by atoms with Crippen molar-refractivity contribution in [1.82, 2.24) is 10.6 Å². The zero-order valence-electron chi connectivity index (χ0n) is 19.1. The lowest BCUT2D eigenvalue weighted by Gasteiger charge is -2.35. The number of carboxylic acids is 1. The minimum atomic E-state index is -1.23. The van der Waals surface area contributed by atoms with Crippen molar-refractivity contribution < 1.29 is 24.2 Å². The van der Waals surface area contributed by atoms with Gasteiger partial charge in [-0.1, -0.05) is 67.8 Å². The van der Waals surface area contributed by atoms with E-state index in [4.69, 9.17) is 4.74 Å². The molecule has 1 atom stereocenters. The Hall–Kier alpha value is -3.35. The van der Waals surface area contributed by atoms with E-state index in [2.05, 4.69) is 34.9 Å². The maximum absolute atomic E-state index is 13.1. The summed E-state index contributed by atoms with van der Waals surface area (Å²) in [5.74, 6) is -1.51. The molecule has 34 heavy (non-hydrogen) atoms. The molecule has 3 aliphatic rings. The van der Waals surface area contributed by atoms with E-state index in [0.717, 1.165) is 54.4 Å². The third-order valence-corrected chi connectivity index (χ3v) is 7.75. The molecule has 0 saturated heterocycles. The molecule has 2 aromatic carbocycles. The van der Waals surface area contributed by atoms with Crippen LogP contribution in [0.4, 0.5) is 4.79 Å². The first-order chi connectivity index (χ1) is 16.5. The van der Waals surface area contributed by atoms with Crippen LogP contribution in [0.1, 0.15) is 62.0 Å². The Kier molecular flexibility index (Phi) is 6.02. The molecule has 2 aromatic rings. The lowest BCUT2D eigenvalue weighted by Crippen LogP contribution is -2.60. The summed E-state index contributed by atoms with van der Waals surface area (Å²) in [6.07, 6.45) is 4.34. The Morgan fingerprint density at radius 3 is 2.06 bits per heavy atom. The highest BCUT2D eigenvalue weighted by Crippen LogP contribution is 2.44. The van der Waals surface area contributed by atoms with Crippen LogP contribution in [-0.4, -0.2) is 41.3 Å². The van der Waals surface area contributed by atoms with Crippen molar-refractivity contribution >= 4 is 18.0 Å². The summed E-state index contributed by atoms with van der Waals surface area (Å²) in [4.78, 5) is 37.8. The summed E-state index contributed by atoms with van der Waals surface area (Å²) in [6.45, 7) is 0.165. The summed E-state index contributed by atoms with van der Waals surface area (Å²) in [6, 6.07) is 15.4. The largest absolute Gasteiger partial charge is 0.480 e. The number of aliphatic carboxylic acids is 1. The predicted molar refractivity (Wildman–Crippen MR) is 126 cm³/mol. The monoisotopic (exact) mass is 462 g/mol. The highest BCUT2D eigenvalue weighted by molar-refractivity contribution is 5.91. The molecule has 0 spiro atoms. The van der Waals surface area contributed by atoms with Gasteiger partial charge in [0.15, 0.2) is 0 Å². The fraction of sp³-hybridized carbons (Fsp3) is 0.444.